The number of hydrogen-bond acceptors (Lipinski definition) is 2. The topological polar surface area (TPSA) is 29.5 Å². The Balaban J connectivity index is 3.22. The van der Waals surface area contributed by atoms with Gasteiger partial charge in [-0.15, -0.1) is 0 Å². The minimum Gasteiger partial charge on any atom is -0.508 e. The van der Waals surface area contributed by atoms with Crippen molar-refractivity contribution in [2.75, 3.05) is 7.11 Å². The number of ether oxygens (including phenoxy) is 1. The van der Waals surface area contributed by atoms with E-state index in [1.807, 2.05) is 0 Å². The Kier molecular flexibility index (Phi) is 2.36. The van der Waals surface area contributed by atoms with E-state index >= 15 is 0 Å². The molecule has 0 unspecified atom stereocenters. The summed E-state index contributed by atoms with van der Waals surface area (Å²) in [5.74, 6) is -0.641. The number of phenols is 1. The lowest BCUT2D eigenvalue weighted by atomic mass is 10.2. The summed E-state index contributed by atoms with van der Waals surface area (Å²) >= 11 is 0. The van der Waals surface area contributed by atoms with Gasteiger partial charge in [-0.1, -0.05) is 0 Å². The van der Waals surface area contributed by atoms with Gasteiger partial charge in [-0.05, 0) is 12.1 Å². The van der Waals surface area contributed by atoms with Gasteiger partial charge in [0.15, 0.2) is 0 Å². The summed E-state index contributed by atoms with van der Waals surface area (Å²) in [5, 5.41) is 8.89. The fraction of sp³-hybridized carbons (Fsp3) is 0.250. The van der Waals surface area contributed by atoms with Crippen LogP contribution in [-0.4, -0.2) is 12.2 Å². The van der Waals surface area contributed by atoms with Crippen molar-refractivity contribution < 1.29 is 23.0 Å². The monoisotopic (exact) mass is 192 g/mol. The van der Waals surface area contributed by atoms with E-state index in [4.69, 9.17) is 5.11 Å². The molecule has 0 atom stereocenters. The number of methoxy groups -OCH3 is 1. The van der Waals surface area contributed by atoms with Crippen molar-refractivity contribution in [3.8, 4) is 11.5 Å². The maximum atomic E-state index is 12.2. The summed E-state index contributed by atoms with van der Waals surface area (Å²) < 4.78 is 41.1. The first-order valence-electron chi connectivity index (χ1n) is 3.39. The van der Waals surface area contributed by atoms with Gasteiger partial charge in [0.25, 0.3) is 0 Å². The van der Waals surface area contributed by atoms with Crippen molar-refractivity contribution in [1.29, 1.82) is 0 Å². The first-order chi connectivity index (χ1) is 5.95. The van der Waals surface area contributed by atoms with Gasteiger partial charge < -0.3 is 9.84 Å². The molecule has 1 N–H and O–H groups in total. The fourth-order valence-corrected chi connectivity index (χ4v) is 0.914. The standard InChI is InChI=1S/C8H7F3O2/c1-13-7-4-5(12)2-3-6(7)8(9,10)11/h2-4,12H,1H3. The number of aromatic hydroxyl groups is 1. The van der Waals surface area contributed by atoms with E-state index in [1.165, 1.54) is 0 Å². The molecule has 0 heterocycles. The van der Waals surface area contributed by atoms with Crippen LogP contribution in [0.3, 0.4) is 0 Å². The molecule has 1 aromatic carbocycles. The van der Waals surface area contributed by atoms with E-state index in [0.717, 1.165) is 25.3 Å². The molecule has 0 spiro atoms. The van der Waals surface area contributed by atoms with Crippen LogP contribution in [-0.2, 0) is 6.18 Å². The van der Waals surface area contributed by atoms with Crippen molar-refractivity contribution in [3.63, 3.8) is 0 Å². The summed E-state index contributed by atoms with van der Waals surface area (Å²) in [7, 11) is 1.12. The molecule has 72 valence electrons. The molecule has 0 bridgehead atoms. The van der Waals surface area contributed by atoms with Crippen LogP contribution in [0.4, 0.5) is 13.2 Å². The van der Waals surface area contributed by atoms with E-state index in [2.05, 4.69) is 4.74 Å². The highest BCUT2D eigenvalue weighted by molar-refractivity contribution is 5.41. The Morgan fingerprint density at radius 3 is 2.38 bits per heavy atom. The zero-order valence-electron chi connectivity index (χ0n) is 6.72. The Labute approximate surface area is 72.6 Å². The second-order valence-corrected chi connectivity index (χ2v) is 2.38. The minimum atomic E-state index is -4.46. The van der Waals surface area contributed by atoms with Gasteiger partial charge in [0.1, 0.15) is 11.5 Å². The molecule has 5 heteroatoms. The summed E-state index contributed by atoms with van der Waals surface area (Å²) in [4.78, 5) is 0. The summed E-state index contributed by atoms with van der Waals surface area (Å²) in [6, 6.07) is 2.66. The van der Waals surface area contributed by atoms with Gasteiger partial charge in [-0.3, -0.25) is 0 Å². The molecule has 13 heavy (non-hydrogen) atoms. The smallest absolute Gasteiger partial charge is 0.419 e. The zero-order chi connectivity index (χ0) is 10.1. The van der Waals surface area contributed by atoms with Crippen LogP contribution < -0.4 is 4.74 Å². The molecule has 0 saturated heterocycles. The third-order valence-corrected chi connectivity index (χ3v) is 1.49. The van der Waals surface area contributed by atoms with Crippen LogP contribution >= 0.6 is 0 Å². The molecule has 0 fully saturated rings. The average Bonchev–Trinajstić information content (AvgIpc) is 2.01. The van der Waals surface area contributed by atoms with E-state index in [-0.39, 0.29) is 11.5 Å². The number of alkyl halides is 3. The quantitative estimate of drug-likeness (QED) is 0.740. The summed E-state index contributed by atoms with van der Waals surface area (Å²) in [6.45, 7) is 0. The fourth-order valence-electron chi connectivity index (χ4n) is 0.914. The predicted molar refractivity (Wildman–Crippen MR) is 39.7 cm³/mol. The molecule has 1 rings (SSSR count). The van der Waals surface area contributed by atoms with Crippen LogP contribution in [0.15, 0.2) is 18.2 Å². The van der Waals surface area contributed by atoms with Gasteiger partial charge >= 0.3 is 6.18 Å². The minimum absolute atomic E-state index is 0.259. The number of phenolic OH excluding ortho intramolecular Hbond substituents is 1. The molecule has 0 amide bonds. The maximum absolute atomic E-state index is 12.2. The van der Waals surface area contributed by atoms with Gasteiger partial charge in [-0.25, -0.2) is 0 Å². The molecular formula is C8H7F3O2. The molecule has 1 aromatic rings. The zero-order valence-corrected chi connectivity index (χ0v) is 6.72. The normalized spacial score (nSPS) is 11.4. The van der Waals surface area contributed by atoms with Gasteiger partial charge in [0.2, 0.25) is 0 Å². The van der Waals surface area contributed by atoms with E-state index in [9.17, 15) is 13.2 Å². The number of hydrogen-bond donors (Lipinski definition) is 1. The first-order valence-corrected chi connectivity index (χ1v) is 3.39. The Hall–Kier alpha value is -1.39. The molecule has 0 aliphatic heterocycles. The first kappa shape index (κ1) is 9.70. The van der Waals surface area contributed by atoms with Crippen LogP contribution in [0.5, 0.6) is 11.5 Å². The number of rotatable bonds is 1. The highest BCUT2D eigenvalue weighted by Gasteiger charge is 2.34. The largest absolute Gasteiger partial charge is 0.508 e. The van der Waals surface area contributed by atoms with Gasteiger partial charge in [-0.2, -0.15) is 13.2 Å². The SMILES string of the molecule is COc1cc(O)ccc1C(F)(F)F. The van der Waals surface area contributed by atoms with Crippen LogP contribution in [0.1, 0.15) is 5.56 Å². The third kappa shape index (κ3) is 2.05. The Bertz CT molecular complexity index is 307. The van der Waals surface area contributed by atoms with Crippen LogP contribution in [0, 0.1) is 0 Å². The lowest BCUT2D eigenvalue weighted by molar-refractivity contribution is -0.138. The maximum Gasteiger partial charge on any atom is 0.419 e. The lowest BCUT2D eigenvalue weighted by Crippen LogP contribution is -2.06. The Morgan fingerprint density at radius 2 is 1.92 bits per heavy atom. The molecule has 0 radical (unpaired) electrons. The van der Waals surface area contributed by atoms with Crippen molar-refractivity contribution in [2.24, 2.45) is 0 Å². The van der Waals surface area contributed by atoms with Crippen molar-refractivity contribution in [2.45, 2.75) is 6.18 Å². The second-order valence-electron chi connectivity index (χ2n) is 2.38. The summed E-state index contributed by atoms with van der Waals surface area (Å²) in [5.41, 5.74) is -0.896. The van der Waals surface area contributed by atoms with E-state index < -0.39 is 11.7 Å². The van der Waals surface area contributed by atoms with E-state index in [1.54, 1.807) is 0 Å². The molecule has 0 aliphatic rings. The second kappa shape index (κ2) is 3.16. The third-order valence-electron chi connectivity index (χ3n) is 1.49. The molecule has 2 nitrogen and oxygen atoms in total. The summed E-state index contributed by atoms with van der Waals surface area (Å²) in [6.07, 6.45) is -4.46. The molecule has 0 aliphatic carbocycles. The number of benzene rings is 1. The van der Waals surface area contributed by atoms with E-state index in [0.29, 0.717) is 0 Å². The highest BCUT2D eigenvalue weighted by atomic mass is 19.4. The van der Waals surface area contributed by atoms with Crippen LogP contribution in [0.2, 0.25) is 0 Å². The highest BCUT2D eigenvalue weighted by Crippen LogP contribution is 2.37. The Morgan fingerprint density at radius 1 is 1.31 bits per heavy atom. The number of halogens is 3. The van der Waals surface area contributed by atoms with Gasteiger partial charge in [0.05, 0.1) is 12.7 Å². The lowest BCUT2D eigenvalue weighted by Gasteiger charge is -2.11. The van der Waals surface area contributed by atoms with Crippen molar-refractivity contribution >= 4 is 0 Å². The average molecular weight is 192 g/mol. The predicted octanol–water partition coefficient (Wildman–Crippen LogP) is 2.42. The molecular weight excluding hydrogens is 185 g/mol. The van der Waals surface area contributed by atoms with Crippen LogP contribution in [0.25, 0.3) is 0 Å². The molecule has 0 saturated carbocycles. The van der Waals surface area contributed by atoms with Crippen molar-refractivity contribution in [1.82, 2.24) is 0 Å². The van der Waals surface area contributed by atoms with Crippen molar-refractivity contribution in [3.05, 3.63) is 23.8 Å². The van der Waals surface area contributed by atoms with Gasteiger partial charge in [0, 0.05) is 6.07 Å². The molecule has 0 aromatic heterocycles.